The number of amides is 1. The fraction of sp³-hybridized carbons (Fsp3) is 0.263. The molecule has 0 fully saturated rings. The normalized spacial score (nSPS) is 13.0. The summed E-state index contributed by atoms with van der Waals surface area (Å²) in [7, 11) is 0. The molecule has 2 aromatic carbocycles. The summed E-state index contributed by atoms with van der Waals surface area (Å²) in [6, 6.07) is 16.0. The number of carbonyl (C=O) groups excluding carboxylic acids is 2. The van der Waals surface area contributed by atoms with Gasteiger partial charge in [0.15, 0.2) is 0 Å². The van der Waals surface area contributed by atoms with Crippen molar-refractivity contribution in [3.8, 4) is 0 Å². The van der Waals surface area contributed by atoms with Gasteiger partial charge in [-0.2, -0.15) is 0 Å². The predicted octanol–water partition coefficient (Wildman–Crippen LogP) is 3.42. The maximum absolute atomic E-state index is 12.1. The van der Waals surface area contributed by atoms with Gasteiger partial charge in [-0.05, 0) is 38.5 Å². The average Bonchev–Trinajstić information content (AvgIpc) is 2.55. The van der Waals surface area contributed by atoms with Crippen molar-refractivity contribution in [2.45, 2.75) is 32.9 Å². The summed E-state index contributed by atoms with van der Waals surface area (Å²) in [6.07, 6.45) is -0.359. The van der Waals surface area contributed by atoms with Crippen LogP contribution in [-0.2, 0) is 9.53 Å². The maximum atomic E-state index is 12.1. The molecule has 4 nitrogen and oxygen atoms in total. The minimum atomic E-state index is -0.714. The first-order valence-electron chi connectivity index (χ1n) is 7.60. The van der Waals surface area contributed by atoms with E-state index in [-0.39, 0.29) is 12.0 Å². The second-order valence-corrected chi connectivity index (χ2v) is 5.55. The van der Waals surface area contributed by atoms with Crippen LogP contribution in [-0.4, -0.2) is 17.9 Å². The van der Waals surface area contributed by atoms with Crippen LogP contribution in [0.5, 0.6) is 0 Å². The van der Waals surface area contributed by atoms with Crippen molar-refractivity contribution in [3.63, 3.8) is 0 Å². The Morgan fingerprint density at radius 1 is 1.00 bits per heavy atom. The van der Waals surface area contributed by atoms with Gasteiger partial charge in [0.2, 0.25) is 0 Å². The molecular formula is C19H21NO3. The summed E-state index contributed by atoms with van der Waals surface area (Å²) in [5.41, 5.74) is 2.43. The smallest absolute Gasteiger partial charge is 0.328 e. The Morgan fingerprint density at radius 3 is 2.35 bits per heavy atom. The van der Waals surface area contributed by atoms with Crippen LogP contribution in [0.4, 0.5) is 0 Å². The second-order valence-electron chi connectivity index (χ2n) is 5.55. The van der Waals surface area contributed by atoms with Crippen molar-refractivity contribution in [1.82, 2.24) is 5.32 Å². The van der Waals surface area contributed by atoms with Crippen molar-refractivity contribution in [1.29, 1.82) is 0 Å². The zero-order valence-electron chi connectivity index (χ0n) is 13.6. The highest BCUT2D eigenvalue weighted by atomic mass is 16.5. The van der Waals surface area contributed by atoms with Gasteiger partial charge in [0.05, 0.1) is 0 Å². The zero-order chi connectivity index (χ0) is 16.8. The molecule has 0 saturated heterocycles. The van der Waals surface area contributed by atoms with E-state index < -0.39 is 12.0 Å². The number of esters is 1. The van der Waals surface area contributed by atoms with Gasteiger partial charge in [0.25, 0.3) is 5.91 Å². The Hall–Kier alpha value is -2.62. The summed E-state index contributed by atoms with van der Waals surface area (Å²) in [6.45, 7) is 5.34. The summed E-state index contributed by atoms with van der Waals surface area (Å²) >= 11 is 0. The van der Waals surface area contributed by atoms with Crippen LogP contribution in [0.1, 0.15) is 41.4 Å². The van der Waals surface area contributed by atoms with Gasteiger partial charge in [0, 0.05) is 5.56 Å². The van der Waals surface area contributed by atoms with E-state index in [4.69, 9.17) is 4.74 Å². The molecule has 2 rings (SSSR count). The van der Waals surface area contributed by atoms with E-state index in [0.29, 0.717) is 5.56 Å². The van der Waals surface area contributed by atoms with Crippen LogP contribution in [0, 0.1) is 6.92 Å². The van der Waals surface area contributed by atoms with Gasteiger partial charge in [-0.15, -0.1) is 0 Å². The van der Waals surface area contributed by atoms with Crippen molar-refractivity contribution in [2.75, 3.05) is 0 Å². The number of hydrogen-bond donors (Lipinski definition) is 1. The Balaban J connectivity index is 1.93. The molecule has 4 heteroatoms. The molecule has 0 heterocycles. The molecule has 2 aromatic rings. The molecule has 2 unspecified atom stereocenters. The molecule has 0 bridgehead atoms. The number of carbonyl (C=O) groups is 2. The third kappa shape index (κ3) is 4.68. The minimum Gasteiger partial charge on any atom is -0.456 e. The maximum Gasteiger partial charge on any atom is 0.328 e. The number of rotatable bonds is 5. The molecule has 1 N–H and O–H groups in total. The molecule has 0 aromatic heterocycles. The highest BCUT2D eigenvalue weighted by molar-refractivity contribution is 5.96. The van der Waals surface area contributed by atoms with E-state index >= 15 is 0 Å². The molecule has 0 spiro atoms. The van der Waals surface area contributed by atoms with Crippen LogP contribution in [0.2, 0.25) is 0 Å². The van der Waals surface area contributed by atoms with E-state index in [9.17, 15) is 9.59 Å². The van der Waals surface area contributed by atoms with Gasteiger partial charge in [-0.3, -0.25) is 4.79 Å². The van der Waals surface area contributed by atoms with Gasteiger partial charge in [0.1, 0.15) is 12.1 Å². The molecule has 2 atom stereocenters. The van der Waals surface area contributed by atoms with Crippen molar-refractivity contribution in [2.24, 2.45) is 0 Å². The molecule has 0 radical (unpaired) electrons. The third-order valence-corrected chi connectivity index (χ3v) is 3.54. The lowest BCUT2D eigenvalue weighted by Gasteiger charge is -2.18. The molecule has 23 heavy (non-hydrogen) atoms. The lowest BCUT2D eigenvalue weighted by Crippen LogP contribution is -2.39. The summed E-state index contributed by atoms with van der Waals surface area (Å²) in [5.74, 6) is -0.743. The van der Waals surface area contributed by atoms with E-state index in [1.54, 1.807) is 19.1 Å². The van der Waals surface area contributed by atoms with Crippen LogP contribution in [0.3, 0.4) is 0 Å². The third-order valence-electron chi connectivity index (χ3n) is 3.54. The zero-order valence-corrected chi connectivity index (χ0v) is 13.6. The lowest BCUT2D eigenvalue weighted by atomic mass is 10.1. The van der Waals surface area contributed by atoms with Crippen LogP contribution in [0.25, 0.3) is 0 Å². The first kappa shape index (κ1) is 16.7. The largest absolute Gasteiger partial charge is 0.456 e. The fourth-order valence-corrected chi connectivity index (χ4v) is 2.19. The van der Waals surface area contributed by atoms with Gasteiger partial charge in [-0.25, -0.2) is 4.79 Å². The van der Waals surface area contributed by atoms with E-state index in [2.05, 4.69) is 5.32 Å². The van der Waals surface area contributed by atoms with Crippen molar-refractivity contribution < 1.29 is 14.3 Å². The highest BCUT2D eigenvalue weighted by Crippen LogP contribution is 2.16. The standard InChI is InChI=1S/C19H21NO3/c1-13-8-7-11-17(12-13)18(21)20-14(2)19(22)23-15(3)16-9-5-4-6-10-16/h4-12,14-15H,1-3H3,(H,20,21). The van der Waals surface area contributed by atoms with E-state index in [1.165, 1.54) is 0 Å². The quantitative estimate of drug-likeness (QED) is 0.861. The van der Waals surface area contributed by atoms with Crippen molar-refractivity contribution in [3.05, 3.63) is 71.3 Å². The summed E-state index contributed by atoms with van der Waals surface area (Å²) in [4.78, 5) is 24.3. The Bertz CT molecular complexity index is 682. The number of hydrogen-bond acceptors (Lipinski definition) is 3. The average molecular weight is 311 g/mol. The first-order valence-corrected chi connectivity index (χ1v) is 7.60. The fourth-order valence-electron chi connectivity index (χ4n) is 2.19. The number of nitrogens with one attached hydrogen (secondary N) is 1. The van der Waals surface area contributed by atoms with Gasteiger partial charge >= 0.3 is 5.97 Å². The second kappa shape index (κ2) is 7.58. The van der Waals surface area contributed by atoms with E-state index in [0.717, 1.165) is 11.1 Å². The van der Waals surface area contributed by atoms with Crippen LogP contribution >= 0.6 is 0 Å². The molecule has 0 aliphatic carbocycles. The lowest BCUT2D eigenvalue weighted by molar-refractivity contribution is -0.150. The number of ether oxygens (including phenoxy) is 1. The molecular weight excluding hydrogens is 290 g/mol. The predicted molar refractivity (Wildman–Crippen MR) is 89.1 cm³/mol. The van der Waals surface area contributed by atoms with Gasteiger partial charge < -0.3 is 10.1 Å². The Labute approximate surface area is 136 Å². The monoisotopic (exact) mass is 311 g/mol. The first-order chi connectivity index (χ1) is 11.0. The molecule has 0 aliphatic rings. The molecule has 120 valence electrons. The highest BCUT2D eigenvalue weighted by Gasteiger charge is 2.20. The molecule has 0 aliphatic heterocycles. The Morgan fingerprint density at radius 2 is 1.70 bits per heavy atom. The summed E-state index contributed by atoms with van der Waals surface area (Å²) in [5, 5.41) is 2.67. The molecule has 0 saturated carbocycles. The topological polar surface area (TPSA) is 55.4 Å². The Kier molecular flexibility index (Phi) is 5.52. The van der Waals surface area contributed by atoms with Crippen molar-refractivity contribution >= 4 is 11.9 Å². The number of benzene rings is 2. The number of aryl methyl sites for hydroxylation is 1. The minimum absolute atomic E-state index is 0.287. The summed E-state index contributed by atoms with van der Waals surface area (Å²) < 4.78 is 5.41. The SMILES string of the molecule is Cc1cccc(C(=O)NC(C)C(=O)OC(C)c2ccccc2)c1. The van der Waals surface area contributed by atoms with Crippen LogP contribution < -0.4 is 5.32 Å². The van der Waals surface area contributed by atoms with E-state index in [1.807, 2.05) is 56.3 Å². The van der Waals surface area contributed by atoms with Crippen LogP contribution in [0.15, 0.2) is 54.6 Å². The van der Waals surface area contributed by atoms with Gasteiger partial charge in [-0.1, -0.05) is 48.0 Å². The molecule has 1 amide bonds.